The summed E-state index contributed by atoms with van der Waals surface area (Å²) >= 11 is 0. The molecule has 0 amide bonds. The van der Waals surface area contributed by atoms with Crippen molar-refractivity contribution >= 4 is 5.82 Å². The molecule has 0 unspecified atom stereocenters. The van der Waals surface area contributed by atoms with E-state index in [2.05, 4.69) is 36.0 Å². The Bertz CT molecular complexity index is 430. The highest BCUT2D eigenvalue weighted by molar-refractivity contribution is 5.47. The number of nitrogens with one attached hydrogen (secondary N) is 1. The lowest BCUT2D eigenvalue weighted by molar-refractivity contribution is 0.547. The molecule has 1 heterocycles. The predicted molar refractivity (Wildman–Crippen MR) is 81.4 cm³/mol. The third kappa shape index (κ3) is 4.44. The van der Waals surface area contributed by atoms with E-state index in [1.165, 1.54) is 19.0 Å². The molecule has 1 aliphatic carbocycles. The molecule has 2 rings (SSSR count). The number of hydrogen-bond acceptors (Lipinski definition) is 3. The number of pyridine rings is 1. The molecule has 112 valence electrons. The lowest BCUT2D eigenvalue weighted by atomic mass is 10.2. The molecular formula is C16H26FN3. The van der Waals surface area contributed by atoms with Crippen molar-refractivity contribution in [1.82, 2.24) is 10.3 Å². The Balaban J connectivity index is 2.08. The van der Waals surface area contributed by atoms with Gasteiger partial charge >= 0.3 is 0 Å². The van der Waals surface area contributed by atoms with E-state index in [1.807, 2.05) is 0 Å². The van der Waals surface area contributed by atoms with Gasteiger partial charge in [0, 0.05) is 25.2 Å². The van der Waals surface area contributed by atoms with Gasteiger partial charge in [-0.25, -0.2) is 9.37 Å². The lowest BCUT2D eigenvalue weighted by Crippen LogP contribution is -2.29. The molecule has 1 aromatic rings. The molecule has 1 saturated carbocycles. The van der Waals surface area contributed by atoms with Crippen LogP contribution in [-0.4, -0.2) is 24.6 Å². The van der Waals surface area contributed by atoms with E-state index in [0.717, 1.165) is 36.9 Å². The van der Waals surface area contributed by atoms with Crippen LogP contribution in [-0.2, 0) is 6.54 Å². The summed E-state index contributed by atoms with van der Waals surface area (Å²) in [5.41, 5.74) is 0.966. The van der Waals surface area contributed by atoms with Crippen molar-refractivity contribution in [2.75, 3.05) is 24.5 Å². The molecule has 0 spiro atoms. The first-order valence-corrected chi connectivity index (χ1v) is 7.70. The van der Waals surface area contributed by atoms with Gasteiger partial charge < -0.3 is 10.2 Å². The van der Waals surface area contributed by atoms with Crippen LogP contribution in [0, 0.1) is 17.7 Å². The van der Waals surface area contributed by atoms with Gasteiger partial charge in [-0.15, -0.1) is 0 Å². The largest absolute Gasteiger partial charge is 0.356 e. The second-order valence-electron chi connectivity index (χ2n) is 6.14. The SMILES string of the molecule is CCN(CC1CC1)c1ncc(F)cc1CNCC(C)C. The Labute approximate surface area is 121 Å². The lowest BCUT2D eigenvalue weighted by Gasteiger charge is -2.24. The molecule has 0 aliphatic heterocycles. The second-order valence-corrected chi connectivity index (χ2v) is 6.14. The van der Waals surface area contributed by atoms with Crippen LogP contribution in [0.2, 0.25) is 0 Å². The topological polar surface area (TPSA) is 28.2 Å². The van der Waals surface area contributed by atoms with E-state index in [9.17, 15) is 4.39 Å². The van der Waals surface area contributed by atoms with Gasteiger partial charge in [-0.3, -0.25) is 0 Å². The molecule has 1 N–H and O–H groups in total. The van der Waals surface area contributed by atoms with Crippen LogP contribution < -0.4 is 10.2 Å². The average molecular weight is 279 g/mol. The number of rotatable bonds is 8. The van der Waals surface area contributed by atoms with Crippen LogP contribution in [0.15, 0.2) is 12.3 Å². The third-order valence-electron chi connectivity index (χ3n) is 3.63. The third-order valence-corrected chi connectivity index (χ3v) is 3.63. The smallest absolute Gasteiger partial charge is 0.141 e. The molecule has 1 fully saturated rings. The summed E-state index contributed by atoms with van der Waals surface area (Å²) in [5.74, 6) is 2.08. The Morgan fingerprint density at radius 3 is 2.80 bits per heavy atom. The quantitative estimate of drug-likeness (QED) is 0.792. The van der Waals surface area contributed by atoms with Crippen molar-refractivity contribution < 1.29 is 4.39 Å². The Kier molecular flexibility index (Phi) is 5.35. The van der Waals surface area contributed by atoms with Crippen molar-refractivity contribution in [3.05, 3.63) is 23.6 Å². The second kappa shape index (κ2) is 7.02. The molecule has 0 atom stereocenters. The Hall–Kier alpha value is -1.16. The number of nitrogens with zero attached hydrogens (tertiary/aromatic N) is 2. The van der Waals surface area contributed by atoms with Gasteiger partial charge in [0.05, 0.1) is 6.20 Å². The maximum atomic E-state index is 13.5. The van der Waals surface area contributed by atoms with Gasteiger partial charge in [0.15, 0.2) is 0 Å². The fourth-order valence-electron chi connectivity index (χ4n) is 2.36. The fraction of sp³-hybridized carbons (Fsp3) is 0.688. The summed E-state index contributed by atoms with van der Waals surface area (Å²) in [7, 11) is 0. The van der Waals surface area contributed by atoms with Crippen LogP contribution in [0.4, 0.5) is 10.2 Å². The van der Waals surface area contributed by atoms with E-state index in [1.54, 1.807) is 6.07 Å². The molecule has 4 heteroatoms. The van der Waals surface area contributed by atoms with Crippen LogP contribution >= 0.6 is 0 Å². The number of anilines is 1. The Morgan fingerprint density at radius 1 is 1.45 bits per heavy atom. The monoisotopic (exact) mass is 279 g/mol. The highest BCUT2D eigenvalue weighted by atomic mass is 19.1. The highest BCUT2D eigenvalue weighted by Crippen LogP contribution is 2.31. The highest BCUT2D eigenvalue weighted by Gasteiger charge is 2.25. The summed E-state index contributed by atoms with van der Waals surface area (Å²) in [6, 6.07) is 1.62. The summed E-state index contributed by atoms with van der Waals surface area (Å²) in [6.07, 6.45) is 3.97. The minimum atomic E-state index is -0.252. The van der Waals surface area contributed by atoms with Gasteiger partial charge in [0.2, 0.25) is 0 Å². The van der Waals surface area contributed by atoms with Gasteiger partial charge in [-0.2, -0.15) is 0 Å². The molecule has 0 bridgehead atoms. The molecule has 20 heavy (non-hydrogen) atoms. The number of aromatic nitrogens is 1. The Morgan fingerprint density at radius 2 is 2.20 bits per heavy atom. The van der Waals surface area contributed by atoms with Crippen molar-refractivity contribution in [2.24, 2.45) is 11.8 Å². The molecule has 0 radical (unpaired) electrons. The number of hydrogen-bond donors (Lipinski definition) is 1. The standard InChI is InChI=1S/C16H26FN3/c1-4-20(11-13-5-6-13)16-14(7-15(17)10-19-16)9-18-8-12(2)3/h7,10,12-13,18H,4-6,8-9,11H2,1-3H3. The molecule has 1 aromatic heterocycles. The van der Waals surface area contributed by atoms with E-state index in [0.29, 0.717) is 12.5 Å². The van der Waals surface area contributed by atoms with E-state index in [-0.39, 0.29) is 5.82 Å². The summed E-state index contributed by atoms with van der Waals surface area (Å²) < 4.78 is 13.5. The van der Waals surface area contributed by atoms with E-state index >= 15 is 0 Å². The van der Waals surface area contributed by atoms with E-state index < -0.39 is 0 Å². The van der Waals surface area contributed by atoms with Gasteiger partial charge in [-0.05, 0) is 44.2 Å². The first-order valence-electron chi connectivity index (χ1n) is 7.70. The van der Waals surface area contributed by atoms with Crippen LogP contribution in [0.1, 0.15) is 39.2 Å². The average Bonchev–Trinajstić information content (AvgIpc) is 3.20. The molecule has 3 nitrogen and oxygen atoms in total. The van der Waals surface area contributed by atoms with Crippen molar-refractivity contribution in [3.63, 3.8) is 0 Å². The van der Waals surface area contributed by atoms with Gasteiger partial charge in [0.1, 0.15) is 11.6 Å². The number of halogens is 1. The van der Waals surface area contributed by atoms with Crippen LogP contribution in [0.3, 0.4) is 0 Å². The van der Waals surface area contributed by atoms with Crippen molar-refractivity contribution in [2.45, 2.75) is 40.2 Å². The van der Waals surface area contributed by atoms with Gasteiger partial charge in [0.25, 0.3) is 0 Å². The predicted octanol–water partition coefficient (Wildman–Crippen LogP) is 3.20. The summed E-state index contributed by atoms with van der Waals surface area (Å²) in [4.78, 5) is 6.62. The minimum absolute atomic E-state index is 0.252. The molecule has 0 saturated heterocycles. The minimum Gasteiger partial charge on any atom is -0.356 e. The summed E-state index contributed by atoms with van der Waals surface area (Å²) in [5, 5.41) is 3.38. The van der Waals surface area contributed by atoms with Crippen molar-refractivity contribution in [3.8, 4) is 0 Å². The van der Waals surface area contributed by atoms with Gasteiger partial charge in [-0.1, -0.05) is 13.8 Å². The van der Waals surface area contributed by atoms with E-state index in [4.69, 9.17) is 0 Å². The van der Waals surface area contributed by atoms with Crippen LogP contribution in [0.25, 0.3) is 0 Å². The molecular weight excluding hydrogens is 253 g/mol. The van der Waals surface area contributed by atoms with Crippen molar-refractivity contribution in [1.29, 1.82) is 0 Å². The fourth-order valence-corrected chi connectivity index (χ4v) is 2.36. The molecule has 1 aliphatic rings. The first kappa shape index (κ1) is 15.2. The maximum Gasteiger partial charge on any atom is 0.141 e. The normalized spacial score (nSPS) is 14.8. The first-order chi connectivity index (χ1) is 9.60. The maximum absolute atomic E-state index is 13.5. The zero-order valence-corrected chi connectivity index (χ0v) is 12.8. The van der Waals surface area contributed by atoms with Crippen LogP contribution in [0.5, 0.6) is 0 Å². The zero-order valence-electron chi connectivity index (χ0n) is 12.8. The zero-order chi connectivity index (χ0) is 14.5. The summed E-state index contributed by atoms with van der Waals surface area (Å²) in [6.45, 7) is 10.1. The molecule has 0 aromatic carbocycles.